The number of hydrogen-bond donors (Lipinski definition) is 0. The minimum atomic E-state index is 0. The van der Waals surface area contributed by atoms with Crippen molar-refractivity contribution in [2.75, 3.05) is 0 Å². The van der Waals surface area contributed by atoms with Crippen molar-refractivity contribution < 1.29 is 0 Å². The van der Waals surface area contributed by atoms with Gasteiger partial charge in [-0.3, -0.25) is 0 Å². The second-order valence-corrected chi connectivity index (χ2v) is 0.333. The van der Waals surface area contributed by atoms with Crippen LogP contribution in [0.1, 0.15) is 0 Å². The van der Waals surface area contributed by atoms with Gasteiger partial charge >= 0.3 is 0 Å². The van der Waals surface area contributed by atoms with E-state index in [1.54, 1.807) is 6.82 Å². The molecular formula is CH5B2S. The Kier molecular flexibility index (Phi) is 21.6. The highest BCUT2D eigenvalue weighted by molar-refractivity contribution is 7.59. The summed E-state index contributed by atoms with van der Waals surface area (Å²) in [5.41, 5.74) is 0. The fourth-order valence-corrected chi connectivity index (χ4v) is 0. The lowest BCUT2D eigenvalue weighted by Gasteiger charge is -1.41. The Balaban J connectivity index is 0. The summed E-state index contributed by atoms with van der Waals surface area (Å²) in [4.78, 5) is 0. The van der Waals surface area contributed by atoms with Crippen molar-refractivity contribution in [3.63, 3.8) is 0 Å². The zero-order valence-corrected chi connectivity index (χ0v) is 3.65. The molecule has 0 nitrogen and oxygen atoms in total. The maximum Gasteiger partial charge on any atom is 0.0502 e. The molecule has 0 spiro atoms. The van der Waals surface area contributed by atoms with Gasteiger partial charge in [-0.15, -0.1) is 6.82 Å². The molecule has 0 bridgehead atoms. The summed E-state index contributed by atoms with van der Waals surface area (Å²) in [6.07, 6.45) is 0. The van der Waals surface area contributed by atoms with Crippen LogP contribution in [0.25, 0.3) is 0 Å². The zero-order chi connectivity index (χ0) is 2.71. The third kappa shape index (κ3) is 23.6. The molecule has 0 aromatic carbocycles. The van der Waals surface area contributed by atoms with Crippen LogP contribution in [0.5, 0.6) is 0 Å². The third-order valence-corrected chi connectivity index (χ3v) is 0. The first-order valence-electron chi connectivity index (χ1n) is 0.911. The Morgan fingerprint density at radius 2 is 1.75 bits per heavy atom. The third-order valence-electron chi connectivity index (χ3n) is 0. The van der Waals surface area contributed by atoms with Crippen LogP contribution in [-0.2, 0) is 0 Å². The molecule has 0 amide bonds. The van der Waals surface area contributed by atoms with Crippen LogP contribution >= 0.6 is 13.5 Å². The van der Waals surface area contributed by atoms with Crippen LogP contribution in [0.3, 0.4) is 0 Å². The van der Waals surface area contributed by atoms with Crippen LogP contribution in [0, 0.1) is 0 Å². The first kappa shape index (κ1) is 8.82. The van der Waals surface area contributed by atoms with E-state index in [9.17, 15) is 0 Å². The zero-order valence-electron chi connectivity index (χ0n) is 2.65. The molecule has 0 atom stereocenters. The maximum absolute atomic E-state index is 4.72. The van der Waals surface area contributed by atoms with Crippen molar-refractivity contribution in [3.8, 4) is 0 Å². The molecule has 0 rings (SSSR count). The molecule has 3 heteroatoms. The van der Waals surface area contributed by atoms with Crippen LogP contribution < -0.4 is 0 Å². The van der Waals surface area contributed by atoms with E-state index in [4.69, 9.17) is 7.74 Å². The lowest BCUT2D eigenvalue weighted by atomic mass is 9.59. The Labute approximate surface area is 36.1 Å². The largest absolute Gasteiger partial charge is 0.197 e. The molecule has 0 unspecified atom stereocenters. The van der Waals surface area contributed by atoms with E-state index in [2.05, 4.69) is 0 Å². The van der Waals surface area contributed by atoms with Crippen molar-refractivity contribution in [2.45, 2.75) is 6.82 Å². The van der Waals surface area contributed by atoms with Gasteiger partial charge in [0.2, 0.25) is 0 Å². The highest BCUT2D eigenvalue weighted by Crippen LogP contribution is 1.23. The summed E-state index contributed by atoms with van der Waals surface area (Å²) in [6.45, 7) is 1.78. The van der Waals surface area contributed by atoms with Crippen molar-refractivity contribution in [1.29, 1.82) is 0 Å². The van der Waals surface area contributed by atoms with Crippen molar-refractivity contribution in [2.24, 2.45) is 0 Å². The predicted octanol–water partition coefficient (Wildman–Crippen LogP) is -0.0650. The minimum Gasteiger partial charge on any atom is -0.197 e. The number of hydrogen-bond acceptors (Lipinski definition) is 0. The topological polar surface area (TPSA) is 0 Å². The SMILES string of the molecule is S.[B][B]C. The lowest BCUT2D eigenvalue weighted by Crippen LogP contribution is -1.68. The molecule has 0 fully saturated rings. The molecule has 0 aliphatic rings. The van der Waals surface area contributed by atoms with Gasteiger partial charge in [-0.1, -0.05) is 0 Å². The van der Waals surface area contributed by atoms with Gasteiger partial charge in [0.25, 0.3) is 0 Å². The molecule has 0 aromatic heterocycles. The molecule has 0 saturated carbocycles. The summed E-state index contributed by atoms with van der Waals surface area (Å²) >= 11 is 0. The predicted molar refractivity (Wildman–Crippen MR) is 27.8 cm³/mol. The molecule has 3 radical (unpaired) electrons. The smallest absolute Gasteiger partial charge is 0.0502 e. The van der Waals surface area contributed by atoms with Crippen molar-refractivity contribution in [3.05, 3.63) is 0 Å². The second kappa shape index (κ2) is 9.77. The summed E-state index contributed by atoms with van der Waals surface area (Å²) < 4.78 is 0. The van der Waals surface area contributed by atoms with E-state index in [1.165, 1.54) is 7.17 Å². The maximum atomic E-state index is 4.72. The molecule has 4 heavy (non-hydrogen) atoms. The average molecular weight is 70.7 g/mol. The monoisotopic (exact) mass is 71.0 g/mol. The standard InChI is InChI=1S/CH3B2.H2S/c1-3-2;/h1H3;1H2. The van der Waals surface area contributed by atoms with E-state index in [1.807, 2.05) is 0 Å². The fraction of sp³-hybridized carbons (Fsp3) is 1.00. The van der Waals surface area contributed by atoms with E-state index >= 15 is 0 Å². The van der Waals surface area contributed by atoms with Gasteiger partial charge in [-0.05, 0) is 0 Å². The molecule has 0 aromatic rings. The van der Waals surface area contributed by atoms with Gasteiger partial charge in [0, 0.05) is 7.74 Å². The van der Waals surface area contributed by atoms with Gasteiger partial charge in [0.15, 0.2) is 0 Å². The van der Waals surface area contributed by atoms with Crippen LogP contribution in [-0.4, -0.2) is 14.9 Å². The molecular weight excluding hydrogens is 65.7 g/mol. The van der Waals surface area contributed by atoms with Crippen LogP contribution in [0.4, 0.5) is 0 Å². The van der Waals surface area contributed by atoms with E-state index < -0.39 is 0 Å². The van der Waals surface area contributed by atoms with E-state index in [-0.39, 0.29) is 13.5 Å². The van der Waals surface area contributed by atoms with Gasteiger partial charge in [-0.2, -0.15) is 13.5 Å². The molecule has 0 aliphatic carbocycles. The Morgan fingerprint density at radius 1 is 1.75 bits per heavy atom. The Hall–Kier alpha value is 0.480. The first-order valence-corrected chi connectivity index (χ1v) is 0.911. The highest BCUT2D eigenvalue weighted by atomic mass is 32.1. The highest BCUT2D eigenvalue weighted by Gasteiger charge is 1.42. The van der Waals surface area contributed by atoms with Gasteiger partial charge in [0.1, 0.15) is 0 Å². The molecule has 0 heterocycles. The quantitative estimate of drug-likeness (QED) is 0.350. The molecule has 0 N–H and O–H groups in total. The first-order chi connectivity index (χ1) is 1.41. The minimum absolute atomic E-state index is 0. The normalized spacial score (nSPS) is 3.25. The Bertz CT molecular complexity index is 6.00. The lowest BCUT2D eigenvalue weighted by molar-refractivity contribution is 2.37. The van der Waals surface area contributed by atoms with Crippen molar-refractivity contribution >= 4 is 28.4 Å². The summed E-state index contributed by atoms with van der Waals surface area (Å²) in [5, 5.41) is 0. The van der Waals surface area contributed by atoms with E-state index in [0.717, 1.165) is 0 Å². The molecule has 21 valence electrons. The van der Waals surface area contributed by atoms with Gasteiger partial charge in [0.05, 0.1) is 7.17 Å². The fourth-order valence-electron chi connectivity index (χ4n) is 0. The molecule has 0 aliphatic heterocycles. The van der Waals surface area contributed by atoms with Gasteiger partial charge < -0.3 is 0 Å². The summed E-state index contributed by atoms with van der Waals surface area (Å²) in [7, 11) is 6.22. The number of rotatable bonds is 0. The molecule has 0 saturated heterocycles. The Morgan fingerprint density at radius 3 is 1.75 bits per heavy atom. The van der Waals surface area contributed by atoms with Gasteiger partial charge in [-0.25, -0.2) is 0 Å². The second-order valence-electron chi connectivity index (χ2n) is 0.333. The average Bonchev–Trinajstić information content (AvgIpc) is 0.918. The van der Waals surface area contributed by atoms with E-state index in [0.29, 0.717) is 0 Å². The summed E-state index contributed by atoms with van der Waals surface area (Å²) in [5.74, 6) is 0. The summed E-state index contributed by atoms with van der Waals surface area (Å²) in [6, 6.07) is 0. The van der Waals surface area contributed by atoms with Crippen molar-refractivity contribution in [1.82, 2.24) is 0 Å². The van der Waals surface area contributed by atoms with Crippen LogP contribution in [0.2, 0.25) is 6.82 Å². The van der Waals surface area contributed by atoms with Crippen LogP contribution in [0.15, 0.2) is 0 Å².